The van der Waals surface area contributed by atoms with Crippen LogP contribution >= 0.6 is 23.2 Å². The molecule has 1 saturated heterocycles. The summed E-state index contributed by atoms with van der Waals surface area (Å²) in [4.78, 5) is 14.8. The number of benzene rings is 1. The largest absolute Gasteiger partial charge is 0.379 e. The van der Waals surface area contributed by atoms with E-state index in [0.717, 1.165) is 38.4 Å². The van der Waals surface area contributed by atoms with E-state index < -0.39 is 0 Å². The van der Waals surface area contributed by atoms with Gasteiger partial charge in [-0.3, -0.25) is 9.69 Å². The minimum Gasteiger partial charge on any atom is -0.379 e. The fourth-order valence-electron chi connectivity index (χ4n) is 2.94. The third kappa shape index (κ3) is 4.57. The first-order chi connectivity index (χ1) is 12.6. The van der Waals surface area contributed by atoms with Crippen molar-refractivity contribution in [2.75, 3.05) is 39.4 Å². The highest BCUT2D eigenvalue weighted by molar-refractivity contribution is 6.33. The van der Waals surface area contributed by atoms with Crippen LogP contribution < -0.4 is 5.32 Å². The van der Waals surface area contributed by atoms with Gasteiger partial charge in [-0.25, -0.2) is 4.68 Å². The van der Waals surface area contributed by atoms with Crippen LogP contribution in [0.1, 0.15) is 21.6 Å². The van der Waals surface area contributed by atoms with Crippen molar-refractivity contribution in [2.45, 2.75) is 13.5 Å². The van der Waals surface area contributed by atoms with Gasteiger partial charge in [0.05, 0.1) is 31.0 Å². The van der Waals surface area contributed by atoms with Crippen molar-refractivity contribution in [2.24, 2.45) is 0 Å². The third-order valence-electron chi connectivity index (χ3n) is 4.39. The van der Waals surface area contributed by atoms with E-state index in [2.05, 4.69) is 15.3 Å². The lowest BCUT2D eigenvalue weighted by atomic mass is 10.2. The summed E-state index contributed by atoms with van der Waals surface area (Å²) in [5.41, 5.74) is 1.92. The number of rotatable bonds is 6. The number of carbonyl (C=O) groups is 1. The zero-order chi connectivity index (χ0) is 18.5. The van der Waals surface area contributed by atoms with Crippen molar-refractivity contribution in [3.63, 3.8) is 0 Å². The second kappa shape index (κ2) is 8.86. The normalized spacial score (nSPS) is 15.2. The van der Waals surface area contributed by atoms with Crippen LogP contribution in [0.5, 0.6) is 0 Å². The molecule has 1 aromatic carbocycles. The molecule has 1 aliphatic rings. The maximum absolute atomic E-state index is 12.5. The number of hydrogen-bond donors (Lipinski definition) is 1. The number of carbonyl (C=O) groups excluding carboxylic acids is 1. The van der Waals surface area contributed by atoms with Crippen LogP contribution in [0.2, 0.25) is 10.2 Å². The van der Waals surface area contributed by atoms with Crippen molar-refractivity contribution < 1.29 is 9.53 Å². The molecular weight excluding hydrogens is 375 g/mol. The zero-order valence-electron chi connectivity index (χ0n) is 14.7. The van der Waals surface area contributed by atoms with E-state index in [4.69, 9.17) is 27.9 Å². The van der Waals surface area contributed by atoms with E-state index in [1.165, 1.54) is 0 Å². The Morgan fingerprint density at radius 3 is 2.73 bits per heavy atom. The third-order valence-corrected chi connectivity index (χ3v) is 5.14. The van der Waals surface area contributed by atoms with Gasteiger partial charge < -0.3 is 10.1 Å². The number of ether oxygens (including phenoxy) is 1. The van der Waals surface area contributed by atoms with E-state index >= 15 is 0 Å². The molecule has 2 aromatic rings. The highest BCUT2D eigenvalue weighted by Crippen LogP contribution is 2.23. The summed E-state index contributed by atoms with van der Waals surface area (Å²) in [6, 6.07) is 7.51. The molecule has 0 radical (unpaired) electrons. The fraction of sp³-hybridized carbons (Fsp3) is 0.444. The first-order valence-corrected chi connectivity index (χ1v) is 9.36. The Morgan fingerprint density at radius 1 is 1.27 bits per heavy atom. The second-order valence-electron chi connectivity index (χ2n) is 6.21. The van der Waals surface area contributed by atoms with Crippen LogP contribution in [-0.4, -0.2) is 60.0 Å². The number of amides is 1. The molecule has 1 aliphatic heterocycles. The quantitative estimate of drug-likeness (QED) is 0.814. The molecule has 2 heterocycles. The first-order valence-electron chi connectivity index (χ1n) is 8.61. The Balaban J connectivity index is 1.63. The van der Waals surface area contributed by atoms with Gasteiger partial charge in [-0.05, 0) is 18.6 Å². The smallest absolute Gasteiger partial charge is 0.256 e. The molecule has 1 amide bonds. The van der Waals surface area contributed by atoms with Gasteiger partial charge >= 0.3 is 0 Å². The van der Waals surface area contributed by atoms with Gasteiger partial charge in [0.2, 0.25) is 0 Å². The number of aromatic nitrogens is 2. The maximum Gasteiger partial charge on any atom is 0.256 e. The molecule has 1 fully saturated rings. The topological polar surface area (TPSA) is 59.4 Å². The van der Waals surface area contributed by atoms with Crippen LogP contribution in [0, 0.1) is 6.92 Å². The van der Waals surface area contributed by atoms with Gasteiger partial charge in [-0.1, -0.05) is 41.4 Å². The average molecular weight is 397 g/mol. The lowest BCUT2D eigenvalue weighted by Gasteiger charge is -2.26. The Hall–Kier alpha value is -1.60. The standard InChI is InChI=1S/C18H22Cl2N4O2/c1-13-16(18(25)21-6-7-23-8-10-26-11-9-23)17(20)24(22-13)12-14-4-2-3-5-15(14)19/h2-5H,6-12H2,1H3,(H,21,25). The zero-order valence-corrected chi connectivity index (χ0v) is 16.2. The van der Waals surface area contributed by atoms with Gasteiger partial charge in [0.1, 0.15) is 5.15 Å². The van der Waals surface area contributed by atoms with Gasteiger partial charge in [0.15, 0.2) is 0 Å². The van der Waals surface area contributed by atoms with E-state index in [-0.39, 0.29) is 5.91 Å². The maximum atomic E-state index is 12.5. The molecule has 6 nitrogen and oxygen atoms in total. The molecule has 8 heteroatoms. The summed E-state index contributed by atoms with van der Waals surface area (Å²) in [7, 11) is 0. The number of hydrogen-bond acceptors (Lipinski definition) is 4. The lowest BCUT2D eigenvalue weighted by molar-refractivity contribution is 0.0383. The van der Waals surface area contributed by atoms with Gasteiger partial charge in [-0.2, -0.15) is 5.10 Å². The Labute approximate surface area is 163 Å². The number of morpholine rings is 1. The van der Waals surface area contributed by atoms with Crippen molar-refractivity contribution in [3.8, 4) is 0 Å². The minimum absolute atomic E-state index is 0.203. The van der Waals surface area contributed by atoms with E-state index in [9.17, 15) is 4.79 Å². The van der Waals surface area contributed by atoms with Crippen molar-refractivity contribution in [3.05, 3.63) is 51.3 Å². The van der Waals surface area contributed by atoms with E-state index in [1.54, 1.807) is 11.6 Å². The van der Waals surface area contributed by atoms with Gasteiger partial charge in [-0.15, -0.1) is 0 Å². The predicted octanol–water partition coefficient (Wildman–Crippen LogP) is 2.61. The van der Waals surface area contributed by atoms with Crippen molar-refractivity contribution in [1.29, 1.82) is 0 Å². The molecule has 0 bridgehead atoms. The van der Waals surface area contributed by atoms with E-state index in [1.807, 2.05) is 24.3 Å². The molecular formula is C18H22Cl2N4O2. The van der Waals surface area contributed by atoms with Crippen LogP contribution in [0.4, 0.5) is 0 Å². The van der Waals surface area contributed by atoms with Crippen molar-refractivity contribution in [1.82, 2.24) is 20.0 Å². The van der Waals surface area contributed by atoms with Crippen LogP contribution in [-0.2, 0) is 11.3 Å². The molecule has 0 saturated carbocycles. The molecule has 140 valence electrons. The van der Waals surface area contributed by atoms with Gasteiger partial charge in [0.25, 0.3) is 5.91 Å². The van der Waals surface area contributed by atoms with Crippen LogP contribution in [0.3, 0.4) is 0 Å². The number of aryl methyl sites for hydroxylation is 1. The Kier molecular flexibility index (Phi) is 6.53. The SMILES string of the molecule is Cc1nn(Cc2ccccc2Cl)c(Cl)c1C(=O)NCCN1CCOCC1. The molecule has 1 aromatic heterocycles. The molecule has 0 atom stereocenters. The summed E-state index contributed by atoms with van der Waals surface area (Å²) in [6.07, 6.45) is 0. The number of nitrogens with zero attached hydrogens (tertiary/aromatic N) is 3. The molecule has 0 aliphatic carbocycles. The summed E-state index contributed by atoms with van der Waals surface area (Å²) in [6.45, 7) is 6.83. The highest BCUT2D eigenvalue weighted by Gasteiger charge is 2.21. The number of nitrogens with one attached hydrogen (secondary N) is 1. The average Bonchev–Trinajstić information content (AvgIpc) is 2.91. The molecule has 3 rings (SSSR count). The second-order valence-corrected chi connectivity index (χ2v) is 6.98. The van der Waals surface area contributed by atoms with Gasteiger partial charge in [0, 0.05) is 31.2 Å². The first kappa shape index (κ1) is 19.2. The fourth-order valence-corrected chi connectivity index (χ4v) is 3.46. The number of halogens is 2. The Bertz CT molecular complexity index is 773. The lowest BCUT2D eigenvalue weighted by Crippen LogP contribution is -2.41. The Morgan fingerprint density at radius 2 is 2.00 bits per heavy atom. The molecule has 1 N–H and O–H groups in total. The summed E-state index contributed by atoms with van der Waals surface area (Å²) in [5, 5.41) is 8.31. The van der Waals surface area contributed by atoms with E-state index in [0.29, 0.717) is 34.5 Å². The summed E-state index contributed by atoms with van der Waals surface area (Å²) in [5.74, 6) is -0.203. The summed E-state index contributed by atoms with van der Waals surface area (Å²) >= 11 is 12.6. The van der Waals surface area contributed by atoms with Crippen LogP contribution in [0.25, 0.3) is 0 Å². The molecule has 0 unspecified atom stereocenters. The highest BCUT2D eigenvalue weighted by atomic mass is 35.5. The predicted molar refractivity (Wildman–Crippen MR) is 102 cm³/mol. The van der Waals surface area contributed by atoms with Crippen molar-refractivity contribution >= 4 is 29.1 Å². The van der Waals surface area contributed by atoms with Crippen LogP contribution in [0.15, 0.2) is 24.3 Å². The monoisotopic (exact) mass is 396 g/mol. The molecule has 26 heavy (non-hydrogen) atoms. The summed E-state index contributed by atoms with van der Waals surface area (Å²) < 4.78 is 6.93. The minimum atomic E-state index is -0.203. The molecule has 0 spiro atoms.